The molecule has 1 aromatic rings. The van der Waals surface area contributed by atoms with Crippen LogP contribution >= 0.6 is 0 Å². The Bertz CT molecular complexity index is 122. The molecular formula is CBiO4. The SMILES string of the molecule is O=c1ooo1.[Bi]. The van der Waals surface area contributed by atoms with E-state index in [4.69, 9.17) is 0 Å². The molecule has 0 N–H and O–H groups in total. The van der Waals surface area contributed by atoms with E-state index in [2.05, 4.69) is 13.9 Å². The van der Waals surface area contributed by atoms with Gasteiger partial charge in [-0.3, -0.25) is 0 Å². The predicted molar refractivity (Wildman–Crippen MR) is 15.3 cm³/mol. The van der Waals surface area contributed by atoms with E-state index < -0.39 is 5.82 Å². The van der Waals surface area contributed by atoms with Gasteiger partial charge in [0.15, 0.2) is 0 Å². The number of hydrogen-bond acceptors (Lipinski definition) is 4. The van der Waals surface area contributed by atoms with Crippen LogP contribution < -0.4 is 5.82 Å². The smallest absolute Gasteiger partial charge is 0.197 e. The topological polar surface area (TPSA) is 56.5 Å². The Morgan fingerprint density at radius 1 is 1.33 bits per heavy atom. The third-order valence-corrected chi connectivity index (χ3v) is 0.204. The van der Waals surface area contributed by atoms with Gasteiger partial charge in [0, 0.05) is 26.2 Å². The Labute approximate surface area is 51.1 Å². The average molecular weight is 285 g/mol. The van der Waals surface area contributed by atoms with Gasteiger partial charge in [-0.1, -0.05) is 4.74 Å². The van der Waals surface area contributed by atoms with Crippen LogP contribution in [-0.4, -0.2) is 26.2 Å². The van der Waals surface area contributed by atoms with Crippen LogP contribution in [0, 0.1) is 0 Å². The van der Waals surface area contributed by atoms with Crippen molar-refractivity contribution < 1.29 is 13.9 Å². The quantitative estimate of drug-likeness (QED) is 0.474. The largest absolute Gasteiger partial charge is 0.597 e. The first kappa shape index (κ1) is 5.95. The van der Waals surface area contributed by atoms with E-state index in [1.165, 1.54) is 0 Å². The molecule has 4 nitrogen and oxygen atoms in total. The van der Waals surface area contributed by atoms with E-state index in [1.807, 2.05) is 0 Å². The van der Waals surface area contributed by atoms with Crippen molar-refractivity contribution in [3.05, 3.63) is 10.6 Å². The first-order chi connectivity index (χ1) is 2.39. The van der Waals surface area contributed by atoms with Gasteiger partial charge < -0.3 is 0 Å². The summed E-state index contributed by atoms with van der Waals surface area (Å²) in [5, 5.41) is 0. The van der Waals surface area contributed by atoms with Crippen molar-refractivity contribution >= 4 is 26.2 Å². The fourth-order valence-electron chi connectivity index (χ4n) is 0.0618. The van der Waals surface area contributed by atoms with Crippen LogP contribution in [0.2, 0.25) is 0 Å². The molecule has 0 atom stereocenters. The second-order valence-corrected chi connectivity index (χ2v) is 0.485. The Kier molecular flexibility index (Phi) is 2.17. The normalized spacial score (nSPS) is 7.33. The van der Waals surface area contributed by atoms with Gasteiger partial charge in [-0.15, -0.1) is 0 Å². The van der Waals surface area contributed by atoms with Gasteiger partial charge in [-0.05, 0) is 0 Å². The molecular weight excluding hydrogens is 285 g/mol. The van der Waals surface area contributed by atoms with Gasteiger partial charge in [-0.25, -0.2) is 0 Å². The maximum atomic E-state index is 9.33. The molecule has 0 amide bonds. The molecule has 6 heavy (non-hydrogen) atoms. The maximum absolute atomic E-state index is 9.33. The van der Waals surface area contributed by atoms with Crippen molar-refractivity contribution in [2.24, 2.45) is 0 Å². The molecule has 0 aliphatic heterocycles. The summed E-state index contributed by atoms with van der Waals surface area (Å²) in [6.07, 6.45) is 0. The van der Waals surface area contributed by atoms with Gasteiger partial charge in [0.25, 0.3) is 0 Å². The number of hydrogen-bond donors (Lipinski definition) is 0. The van der Waals surface area contributed by atoms with Crippen LogP contribution in [0.5, 0.6) is 0 Å². The van der Waals surface area contributed by atoms with Crippen molar-refractivity contribution in [2.45, 2.75) is 0 Å². The maximum Gasteiger partial charge on any atom is 0.597 e. The molecule has 0 fully saturated rings. The summed E-state index contributed by atoms with van der Waals surface area (Å²) in [5.41, 5.74) is 0. The summed E-state index contributed by atoms with van der Waals surface area (Å²) in [7, 11) is 0. The van der Waals surface area contributed by atoms with Crippen LogP contribution in [0.15, 0.2) is 18.7 Å². The van der Waals surface area contributed by atoms with Crippen LogP contribution in [0.4, 0.5) is 0 Å². The zero-order valence-corrected chi connectivity index (χ0v) is 6.06. The van der Waals surface area contributed by atoms with Crippen molar-refractivity contribution in [2.75, 3.05) is 0 Å². The Morgan fingerprint density at radius 3 is 1.67 bits per heavy atom. The Hall–Kier alpha value is -0.0469. The average Bonchev–Trinajstić information content (AvgIpc) is 1.30. The zero-order chi connectivity index (χ0) is 3.70. The third-order valence-electron chi connectivity index (χ3n) is 0.204. The molecule has 1 aromatic heterocycles. The Balaban J connectivity index is 0.000000250. The first-order valence-corrected chi connectivity index (χ1v) is 0.946. The van der Waals surface area contributed by atoms with Crippen molar-refractivity contribution in [3.8, 4) is 0 Å². The van der Waals surface area contributed by atoms with E-state index >= 15 is 0 Å². The van der Waals surface area contributed by atoms with E-state index in [9.17, 15) is 4.79 Å². The fourth-order valence-corrected chi connectivity index (χ4v) is 0.0618. The van der Waals surface area contributed by atoms with Crippen LogP contribution in [0.3, 0.4) is 0 Å². The van der Waals surface area contributed by atoms with E-state index in [0.717, 1.165) is 0 Å². The summed E-state index contributed by atoms with van der Waals surface area (Å²) < 4.78 is 10.6. The molecule has 0 aromatic carbocycles. The molecule has 33 valence electrons. The van der Waals surface area contributed by atoms with Crippen LogP contribution in [0.25, 0.3) is 0 Å². The van der Waals surface area contributed by atoms with Crippen molar-refractivity contribution in [1.29, 1.82) is 0 Å². The van der Waals surface area contributed by atoms with Gasteiger partial charge >= 0.3 is 5.82 Å². The summed E-state index contributed by atoms with van der Waals surface area (Å²) in [6, 6.07) is 0. The monoisotopic (exact) mass is 285 g/mol. The van der Waals surface area contributed by atoms with E-state index in [0.29, 0.717) is 0 Å². The van der Waals surface area contributed by atoms with Gasteiger partial charge in [0.2, 0.25) is 0 Å². The summed E-state index contributed by atoms with van der Waals surface area (Å²) in [4.78, 5) is 9.33. The summed E-state index contributed by atoms with van der Waals surface area (Å²) in [5.74, 6) is -0.787. The standard InChI is InChI=1S/CO4.Bi/c2-1-3-5-4-1;. The van der Waals surface area contributed by atoms with E-state index in [-0.39, 0.29) is 26.2 Å². The predicted octanol–water partition coefficient (Wildman–Crippen LogP) is -0.555. The minimum Gasteiger partial charge on any atom is -0.197 e. The van der Waals surface area contributed by atoms with Crippen LogP contribution in [-0.2, 0) is 0 Å². The minimum atomic E-state index is -0.787. The number of rotatable bonds is 0. The molecule has 1 rings (SSSR count). The summed E-state index contributed by atoms with van der Waals surface area (Å²) in [6.45, 7) is 0. The van der Waals surface area contributed by atoms with Gasteiger partial charge in [0.1, 0.15) is 0 Å². The third kappa shape index (κ3) is 0.973. The van der Waals surface area contributed by atoms with Gasteiger partial charge in [0.05, 0.1) is 0 Å². The summed E-state index contributed by atoms with van der Waals surface area (Å²) >= 11 is 0. The molecule has 0 bridgehead atoms. The minimum absolute atomic E-state index is 0. The van der Waals surface area contributed by atoms with Gasteiger partial charge in [-0.2, -0.15) is 13.9 Å². The zero-order valence-electron chi connectivity index (χ0n) is 2.58. The molecule has 0 aliphatic carbocycles. The molecule has 5 heteroatoms. The molecule has 1 heterocycles. The molecule has 0 saturated heterocycles. The van der Waals surface area contributed by atoms with Crippen molar-refractivity contribution in [3.63, 3.8) is 0 Å². The Morgan fingerprint density at radius 2 is 1.67 bits per heavy atom. The molecule has 0 saturated carbocycles. The van der Waals surface area contributed by atoms with Crippen molar-refractivity contribution in [1.82, 2.24) is 0 Å². The second-order valence-electron chi connectivity index (χ2n) is 0.485. The first-order valence-electron chi connectivity index (χ1n) is 0.946. The molecule has 0 unspecified atom stereocenters. The van der Waals surface area contributed by atoms with E-state index in [1.54, 1.807) is 0 Å². The fraction of sp³-hybridized carbons (Fsp3) is 0. The molecule has 0 spiro atoms. The molecule has 3 radical (unpaired) electrons. The second kappa shape index (κ2) is 2.18. The van der Waals surface area contributed by atoms with Crippen LogP contribution in [0.1, 0.15) is 0 Å². The molecule has 0 aliphatic rings.